The van der Waals surface area contributed by atoms with Gasteiger partial charge in [0, 0.05) is 4.47 Å². The molecule has 1 aromatic heterocycles. The van der Waals surface area contributed by atoms with Gasteiger partial charge < -0.3 is 5.21 Å². The molecule has 13 heavy (non-hydrogen) atoms. The van der Waals surface area contributed by atoms with Crippen LogP contribution in [0.4, 0.5) is 0 Å². The maximum Gasteiger partial charge on any atom is 0.110 e. The second kappa shape index (κ2) is 3.71. The zero-order chi connectivity index (χ0) is 9.26. The van der Waals surface area contributed by atoms with Gasteiger partial charge in [0.2, 0.25) is 0 Å². The fraction of sp³-hybridized carbons (Fsp3) is 0.125. The summed E-state index contributed by atoms with van der Waals surface area (Å²) in [6.45, 7) is 0.400. The van der Waals surface area contributed by atoms with E-state index in [1.54, 1.807) is 11.3 Å². The van der Waals surface area contributed by atoms with E-state index in [2.05, 4.69) is 26.4 Å². The van der Waals surface area contributed by atoms with E-state index in [1.165, 1.54) is 0 Å². The second-order valence-electron chi connectivity index (χ2n) is 2.55. The quantitative estimate of drug-likeness (QED) is 0.814. The minimum Gasteiger partial charge on any atom is -0.316 e. The number of hydrogen-bond acceptors (Lipinski definition) is 4. The molecule has 0 saturated carbocycles. The van der Waals surface area contributed by atoms with Crippen LogP contribution in [0, 0.1) is 0 Å². The van der Waals surface area contributed by atoms with Crippen LogP contribution in [-0.4, -0.2) is 10.2 Å². The smallest absolute Gasteiger partial charge is 0.110 e. The molecule has 0 saturated heterocycles. The topological polar surface area (TPSA) is 45.1 Å². The third kappa shape index (κ3) is 1.88. The molecule has 0 atom stereocenters. The fourth-order valence-corrected chi connectivity index (χ4v) is 2.54. The molecule has 68 valence electrons. The molecule has 2 aromatic rings. The Kier molecular flexibility index (Phi) is 2.59. The van der Waals surface area contributed by atoms with Crippen LogP contribution in [0.3, 0.4) is 0 Å². The molecule has 2 rings (SSSR count). The predicted octanol–water partition coefficient (Wildman–Crippen LogP) is 2.54. The van der Waals surface area contributed by atoms with Crippen LogP contribution in [-0.2, 0) is 6.54 Å². The maximum atomic E-state index is 8.51. The summed E-state index contributed by atoms with van der Waals surface area (Å²) in [5.41, 5.74) is 3.07. The van der Waals surface area contributed by atoms with Gasteiger partial charge in [-0.2, -0.15) is 5.48 Å². The van der Waals surface area contributed by atoms with E-state index in [1.807, 2.05) is 18.2 Å². The third-order valence-corrected chi connectivity index (χ3v) is 3.14. The summed E-state index contributed by atoms with van der Waals surface area (Å²) in [6, 6.07) is 5.93. The Morgan fingerprint density at radius 2 is 2.38 bits per heavy atom. The highest BCUT2D eigenvalue weighted by Crippen LogP contribution is 2.25. The molecule has 0 radical (unpaired) electrons. The van der Waals surface area contributed by atoms with Crippen molar-refractivity contribution in [2.75, 3.05) is 0 Å². The van der Waals surface area contributed by atoms with E-state index >= 15 is 0 Å². The maximum absolute atomic E-state index is 8.51. The second-order valence-corrected chi connectivity index (χ2v) is 4.59. The number of thiazole rings is 1. The summed E-state index contributed by atoms with van der Waals surface area (Å²) in [7, 11) is 0. The molecule has 0 fully saturated rings. The van der Waals surface area contributed by atoms with Crippen LogP contribution >= 0.6 is 27.3 Å². The summed E-state index contributed by atoms with van der Waals surface area (Å²) in [5, 5.41) is 9.39. The van der Waals surface area contributed by atoms with Crippen LogP contribution < -0.4 is 5.48 Å². The minimum atomic E-state index is 0.400. The summed E-state index contributed by atoms with van der Waals surface area (Å²) < 4.78 is 2.17. The van der Waals surface area contributed by atoms with Crippen molar-refractivity contribution in [3.63, 3.8) is 0 Å². The number of fused-ring (bicyclic) bond motifs is 1. The first-order valence-corrected chi connectivity index (χ1v) is 5.32. The van der Waals surface area contributed by atoms with Gasteiger partial charge in [-0.15, -0.1) is 11.3 Å². The Morgan fingerprint density at radius 1 is 1.54 bits per heavy atom. The van der Waals surface area contributed by atoms with Crippen LogP contribution in [0.5, 0.6) is 0 Å². The number of nitrogens with one attached hydrogen (secondary N) is 1. The highest BCUT2D eigenvalue weighted by Gasteiger charge is 2.02. The van der Waals surface area contributed by atoms with E-state index in [4.69, 9.17) is 5.21 Å². The van der Waals surface area contributed by atoms with Gasteiger partial charge in [-0.1, -0.05) is 15.9 Å². The summed E-state index contributed by atoms with van der Waals surface area (Å²) in [6.07, 6.45) is 0. The normalized spacial score (nSPS) is 10.9. The van der Waals surface area contributed by atoms with E-state index in [0.29, 0.717) is 6.54 Å². The molecule has 0 aliphatic rings. The molecule has 1 aromatic carbocycles. The first-order valence-electron chi connectivity index (χ1n) is 3.71. The molecule has 0 spiro atoms. The monoisotopic (exact) mass is 258 g/mol. The average molecular weight is 259 g/mol. The van der Waals surface area contributed by atoms with Gasteiger partial charge in [0.1, 0.15) is 5.01 Å². The molecule has 0 aliphatic carbocycles. The van der Waals surface area contributed by atoms with Gasteiger partial charge in [0.15, 0.2) is 0 Å². The summed E-state index contributed by atoms with van der Waals surface area (Å²) in [4.78, 5) is 4.32. The lowest BCUT2D eigenvalue weighted by molar-refractivity contribution is 0.161. The van der Waals surface area contributed by atoms with Crippen molar-refractivity contribution >= 4 is 37.5 Å². The SMILES string of the molecule is ONCc1nc2ccc(Br)cc2s1. The molecule has 5 heteroatoms. The predicted molar refractivity (Wildman–Crippen MR) is 55.9 cm³/mol. The fourth-order valence-electron chi connectivity index (χ4n) is 1.09. The molecule has 2 N–H and O–H groups in total. The molecule has 1 heterocycles. The number of hydroxylamine groups is 1. The van der Waals surface area contributed by atoms with Crippen molar-refractivity contribution in [3.05, 3.63) is 27.7 Å². The van der Waals surface area contributed by atoms with E-state index in [0.717, 1.165) is 19.7 Å². The van der Waals surface area contributed by atoms with Crippen molar-refractivity contribution < 1.29 is 5.21 Å². The lowest BCUT2D eigenvalue weighted by atomic mass is 10.3. The highest BCUT2D eigenvalue weighted by atomic mass is 79.9. The molecule has 0 unspecified atom stereocenters. The van der Waals surface area contributed by atoms with Crippen LogP contribution in [0.15, 0.2) is 22.7 Å². The van der Waals surface area contributed by atoms with Gasteiger partial charge in [-0.25, -0.2) is 4.98 Å². The number of rotatable bonds is 2. The number of benzene rings is 1. The van der Waals surface area contributed by atoms with E-state index in [-0.39, 0.29) is 0 Å². The number of aromatic nitrogens is 1. The van der Waals surface area contributed by atoms with Gasteiger partial charge in [-0.05, 0) is 18.2 Å². The Hall–Kier alpha value is -0.490. The van der Waals surface area contributed by atoms with Gasteiger partial charge in [0.05, 0.1) is 16.8 Å². The Balaban J connectivity index is 2.49. The third-order valence-electron chi connectivity index (χ3n) is 1.63. The zero-order valence-corrected chi connectivity index (χ0v) is 9.02. The Bertz CT molecular complexity index is 429. The van der Waals surface area contributed by atoms with Gasteiger partial charge in [-0.3, -0.25) is 0 Å². The van der Waals surface area contributed by atoms with Crippen LogP contribution in [0.25, 0.3) is 10.2 Å². The van der Waals surface area contributed by atoms with Crippen LogP contribution in [0.1, 0.15) is 5.01 Å². The first-order chi connectivity index (χ1) is 6.29. The summed E-state index contributed by atoms with van der Waals surface area (Å²) in [5.74, 6) is 0. The minimum absolute atomic E-state index is 0.400. The Labute approximate surface area is 87.5 Å². The lowest BCUT2D eigenvalue weighted by Gasteiger charge is -1.87. The molecular weight excluding hydrogens is 252 g/mol. The molecular formula is C8H7BrN2OS. The van der Waals surface area contributed by atoms with Crippen LogP contribution in [0.2, 0.25) is 0 Å². The van der Waals surface area contributed by atoms with Gasteiger partial charge in [0.25, 0.3) is 0 Å². The van der Waals surface area contributed by atoms with Crippen molar-refractivity contribution in [2.45, 2.75) is 6.54 Å². The van der Waals surface area contributed by atoms with E-state index < -0.39 is 0 Å². The molecule has 0 bridgehead atoms. The molecule has 0 aliphatic heterocycles. The van der Waals surface area contributed by atoms with Gasteiger partial charge >= 0.3 is 0 Å². The zero-order valence-electron chi connectivity index (χ0n) is 6.62. The lowest BCUT2D eigenvalue weighted by Crippen LogP contribution is -2.04. The average Bonchev–Trinajstić information content (AvgIpc) is 2.46. The van der Waals surface area contributed by atoms with Crippen molar-refractivity contribution in [2.24, 2.45) is 0 Å². The number of hydrogen-bond donors (Lipinski definition) is 2. The number of nitrogens with zero attached hydrogens (tertiary/aromatic N) is 1. The highest BCUT2D eigenvalue weighted by molar-refractivity contribution is 9.10. The Morgan fingerprint density at radius 3 is 3.15 bits per heavy atom. The van der Waals surface area contributed by atoms with Crippen molar-refractivity contribution in [3.8, 4) is 0 Å². The number of halogens is 1. The standard InChI is InChI=1S/C8H7BrN2OS/c9-5-1-2-6-7(3-5)13-8(11-6)4-10-12/h1-3,10,12H,4H2. The largest absolute Gasteiger partial charge is 0.316 e. The molecule has 3 nitrogen and oxygen atoms in total. The van der Waals surface area contributed by atoms with E-state index in [9.17, 15) is 0 Å². The first kappa shape index (κ1) is 9.08. The molecule has 0 amide bonds. The summed E-state index contributed by atoms with van der Waals surface area (Å²) >= 11 is 4.97. The van der Waals surface area contributed by atoms with Crippen molar-refractivity contribution in [1.29, 1.82) is 0 Å². The van der Waals surface area contributed by atoms with Crippen molar-refractivity contribution in [1.82, 2.24) is 10.5 Å².